The fourth-order valence-electron chi connectivity index (χ4n) is 1.94. The third kappa shape index (κ3) is 3.26. The van der Waals surface area contributed by atoms with Crippen molar-refractivity contribution < 1.29 is 19.0 Å². The van der Waals surface area contributed by atoms with E-state index in [9.17, 15) is 4.79 Å². The molecular formula is C15H20O4. The van der Waals surface area contributed by atoms with Crippen molar-refractivity contribution in [2.24, 2.45) is 0 Å². The van der Waals surface area contributed by atoms with Crippen molar-refractivity contribution in [2.45, 2.75) is 32.3 Å². The lowest BCUT2D eigenvalue weighted by Gasteiger charge is -2.23. The highest BCUT2D eigenvalue weighted by Crippen LogP contribution is 2.34. The minimum atomic E-state index is -0.290. The molecule has 104 valence electrons. The van der Waals surface area contributed by atoms with Crippen molar-refractivity contribution in [3.05, 3.63) is 23.8 Å². The molecule has 1 aliphatic rings. The highest BCUT2D eigenvalue weighted by Gasteiger charge is 2.23. The van der Waals surface area contributed by atoms with Gasteiger partial charge in [-0.05, 0) is 32.4 Å². The van der Waals surface area contributed by atoms with E-state index in [1.807, 2.05) is 26.0 Å². The van der Waals surface area contributed by atoms with E-state index in [2.05, 4.69) is 0 Å². The fraction of sp³-hybridized carbons (Fsp3) is 0.533. The minimum absolute atomic E-state index is 0.0625. The number of carbonyl (C=O) groups excluding carboxylic acids is 1. The molecule has 0 unspecified atom stereocenters. The molecule has 1 heterocycles. The maximum Gasteiger partial charge on any atom is 0.172 e. The molecule has 19 heavy (non-hydrogen) atoms. The van der Waals surface area contributed by atoms with Crippen molar-refractivity contribution in [3.8, 4) is 11.5 Å². The van der Waals surface area contributed by atoms with Gasteiger partial charge in [0.05, 0.1) is 11.2 Å². The standard InChI is InChI=1S/C15H20O4/c1-15(2,17-3)8-7-12(16)11-5-4-6-13-14(11)19-10-9-18-13/h4-6H,7-10H2,1-3H3. The minimum Gasteiger partial charge on any atom is -0.486 e. The Morgan fingerprint density at radius 3 is 2.79 bits per heavy atom. The molecular weight excluding hydrogens is 244 g/mol. The molecule has 0 saturated heterocycles. The number of ketones is 1. The summed E-state index contributed by atoms with van der Waals surface area (Å²) in [7, 11) is 1.66. The normalized spacial score (nSPS) is 14.3. The number of methoxy groups -OCH3 is 1. The van der Waals surface area contributed by atoms with Crippen molar-refractivity contribution in [2.75, 3.05) is 20.3 Å². The van der Waals surface area contributed by atoms with Crippen molar-refractivity contribution in [3.63, 3.8) is 0 Å². The number of carbonyl (C=O) groups is 1. The molecule has 1 aliphatic heterocycles. The first kappa shape index (κ1) is 13.9. The largest absolute Gasteiger partial charge is 0.486 e. The van der Waals surface area contributed by atoms with Crippen LogP contribution in [-0.2, 0) is 4.74 Å². The Labute approximate surface area is 113 Å². The Morgan fingerprint density at radius 2 is 2.05 bits per heavy atom. The average Bonchev–Trinajstić information content (AvgIpc) is 2.44. The Balaban J connectivity index is 2.11. The van der Waals surface area contributed by atoms with Crippen LogP contribution in [0.2, 0.25) is 0 Å². The summed E-state index contributed by atoms with van der Waals surface area (Å²) in [5, 5.41) is 0. The van der Waals surface area contributed by atoms with Gasteiger partial charge in [0.1, 0.15) is 13.2 Å². The van der Waals surface area contributed by atoms with Crippen LogP contribution in [0.1, 0.15) is 37.0 Å². The molecule has 2 rings (SSSR count). The zero-order chi connectivity index (χ0) is 13.9. The van der Waals surface area contributed by atoms with Gasteiger partial charge in [0.2, 0.25) is 0 Å². The van der Waals surface area contributed by atoms with Gasteiger partial charge in [-0.25, -0.2) is 0 Å². The molecule has 0 N–H and O–H groups in total. The van der Waals surface area contributed by atoms with Gasteiger partial charge in [0, 0.05) is 13.5 Å². The molecule has 0 radical (unpaired) electrons. The van der Waals surface area contributed by atoms with Gasteiger partial charge >= 0.3 is 0 Å². The first-order chi connectivity index (χ1) is 9.03. The zero-order valence-corrected chi connectivity index (χ0v) is 11.7. The van der Waals surface area contributed by atoms with Gasteiger partial charge in [-0.1, -0.05) is 6.07 Å². The van der Waals surface area contributed by atoms with Gasteiger partial charge in [0.15, 0.2) is 17.3 Å². The Bertz CT molecular complexity index is 465. The third-order valence-corrected chi connectivity index (χ3v) is 3.37. The topological polar surface area (TPSA) is 44.8 Å². The second-order valence-electron chi connectivity index (χ2n) is 5.22. The van der Waals surface area contributed by atoms with Crippen LogP contribution in [-0.4, -0.2) is 31.7 Å². The lowest BCUT2D eigenvalue weighted by molar-refractivity contribution is 0.0141. The predicted molar refractivity (Wildman–Crippen MR) is 72.1 cm³/mol. The lowest BCUT2D eigenvalue weighted by atomic mass is 9.97. The molecule has 0 spiro atoms. The van der Waals surface area contributed by atoms with Crippen molar-refractivity contribution in [1.29, 1.82) is 0 Å². The first-order valence-corrected chi connectivity index (χ1v) is 6.50. The molecule has 0 fully saturated rings. The van der Waals surface area contributed by atoms with Gasteiger partial charge < -0.3 is 14.2 Å². The van der Waals surface area contributed by atoms with Crippen LogP contribution in [0.4, 0.5) is 0 Å². The van der Waals surface area contributed by atoms with Crippen LogP contribution in [0.5, 0.6) is 11.5 Å². The number of hydrogen-bond acceptors (Lipinski definition) is 4. The number of Topliss-reactive ketones (excluding diaryl/α,β-unsaturated/α-hetero) is 1. The molecule has 0 aliphatic carbocycles. The summed E-state index contributed by atoms with van der Waals surface area (Å²) in [6.07, 6.45) is 1.10. The summed E-state index contributed by atoms with van der Waals surface area (Å²) in [4.78, 5) is 12.3. The number of fused-ring (bicyclic) bond motifs is 1. The summed E-state index contributed by atoms with van der Waals surface area (Å²) >= 11 is 0. The second-order valence-corrected chi connectivity index (χ2v) is 5.22. The van der Waals surface area contributed by atoms with E-state index in [-0.39, 0.29) is 11.4 Å². The molecule has 4 nitrogen and oxygen atoms in total. The van der Waals surface area contributed by atoms with Crippen LogP contribution < -0.4 is 9.47 Å². The van der Waals surface area contributed by atoms with Crippen LogP contribution in [0.3, 0.4) is 0 Å². The molecule has 1 aromatic rings. The van der Waals surface area contributed by atoms with E-state index in [1.54, 1.807) is 13.2 Å². The van der Waals surface area contributed by atoms with Gasteiger partial charge in [0.25, 0.3) is 0 Å². The Kier molecular flexibility index (Phi) is 4.10. The zero-order valence-electron chi connectivity index (χ0n) is 11.7. The van der Waals surface area contributed by atoms with Crippen LogP contribution >= 0.6 is 0 Å². The Hall–Kier alpha value is -1.55. The molecule has 0 saturated carbocycles. The predicted octanol–water partition coefficient (Wildman–Crippen LogP) is 2.85. The molecule has 0 amide bonds. The van der Waals surface area contributed by atoms with E-state index in [0.717, 1.165) is 0 Å². The van der Waals surface area contributed by atoms with E-state index in [1.165, 1.54) is 0 Å². The highest BCUT2D eigenvalue weighted by molar-refractivity contribution is 5.99. The summed E-state index contributed by atoms with van der Waals surface area (Å²) in [5.74, 6) is 1.30. The van der Waals surface area contributed by atoms with E-state index in [0.29, 0.717) is 43.1 Å². The number of benzene rings is 1. The van der Waals surface area contributed by atoms with Crippen LogP contribution in [0.15, 0.2) is 18.2 Å². The van der Waals surface area contributed by atoms with E-state index in [4.69, 9.17) is 14.2 Å². The summed E-state index contributed by atoms with van der Waals surface area (Å²) in [6, 6.07) is 5.43. The maximum atomic E-state index is 12.3. The fourth-order valence-corrected chi connectivity index (χ4v) is 1.94. The summed E-state index contributed by atoms with van der Waals surface area (Å²) in [5.41, 5.74) is 0.311. The molecule has 1 aromatic carbocycles. The summed E-state index contributed by atoms with van der Waals surface area (Å²) in [6.45, 7) is 4.96. The van der Waals surface area contributed by atoms with Crippen molar-refractivity contribution >= 4 is 5.78 Å². The smallest absolute Gasteiger partial charge is 0.172 e. The van der Waals surface area contributed by atoms with E-state index >= 15 is 0 Å². The summed E-state index contributed by atoms with van der Waals surface area (Å²) < 4.78 is 16.4. The Morgan fingerprint density at radius 1 is 1.32 bits per heavy atom. The number of rotatable bonds is 5. The van der Waals surface area contributed by atoms with E-state index < -0.39 is 0 Å². The SMILES string of the molecule is COC(C)(C)CCC(=O)c1cccc2c1OCCO2. The average molecular weight is 264 g/mol. The molecule has 4 heteroatoms. The second kappa shape index (κ2) is 5.61. The number of ether oxygens (including phenoxy) is 3. The van der Waals surface area contributed by atoms with Gasteiger partial charge in [-0.15, -0.1) is 0 Å². The number of para-hydroxylation sites is 1. The van der Waals surface area contributed by atoms with Crippen molar-refractivity contribution in [1.82, 2.24) is 0 Å². The van der Waals surface area contributed by atoms with Gasteiger partial charge in [-0.2, -0.15) is 0 Å². The third-order valence-electron chi connectivity index (χ3n) is 3.37. The molecule has 0 bridgehead atoms. The first-order valence-electron chi connectivity index (χ1n) is 6.50. The van der Waals surface area contributed by atoms with Crippen LogP contribution in [0, 0.1) is 0 Å². The quantitative estimate of drug-likeness (QED) is 0.767. The maximum absolute atomic E-state index is 12.3. The highest BCUT2D eigenvalue weighted by atomic mass is 16.6. The monoisotopic (exact) mass is 264 g/mol. The number of hydrogen-bond donors (Lipinski definition) is 0. The molecule has 0 aromatic heterocycles. The lowest BCUT2D eigenvalue weighted by Crippen LogP contribution is -2.24. The van der Waals surface area contributed by atoms with Crippen LogP contribution in [0.25, 0.3) is 0 Å². The van der Waals surface area contributed by atoms with Gasteiger partial charge in [-0.3, -0.25) is 4.79 Å². The molecule has 0 atom stereocenters.